The Labute approximate surface area is 317 Å². The first kappa shape index (κ1) is 39.4. The van der Waals surface area contributed by atoms with Crippen LogP contribution in [0.1, 0.15) is 67.8 Å². The van der Waals surface area contributed by atoms with Crippen LogP contribution >= 0.6 is 0 Å². The van der Waals surface area contributed by atoms with E-state index in [1.165, 1.54) is 57.7 Å². The number of hydrogen-bond donors (Lipinski definition) is 6. The lowest BCUT2D eigenvalue weighted by Gasteiger charge is -2.36. The topological polar surface area (TPSA) is 209 Å². The number of nitrogens with one attached hydrogen (secondary N) is 1. The van der Waals surface area contributed by atoms with Gasteiger partial charge in [0.05, 0.1) is 41.6 Å². The zero-order valence-electron chi connectivity index (χ0n) is 31.9. The predicted molar refractivity (Wildman–Crippen MR) is 204 cm³/mol. The highest BCUT2D eigenvalue weighted by Gasteiger charge is 2.49. The highest BCUT2D eigenvalue weighted by atomic mass is 16.7. The molecule has 6 rings (SSSR count). The minimum atomic E-state index is -1.97. The van der Waals surface area contributed by atoms with E-state index in [9.17, 15) is 39.9 Å². The number of nitrogens with zero attached hydrogens (tertiary/aromatic N) is 2. The number of allylic oxidation sites excluding steroid dienone is 2. The van der Waals surface area contributed by atoms with Crippen molar-refractivity contribution in [1.82, 2.24) is 9.38 Å². The summed E-state index contributed by atoms with van der Waals surface area (Å²) in [7, 11) is 1.44. The first-order valence-corrected chi connectivity index (χ1v) is 18.1. The number of aromatic hydroxyl groups is 2. The van der Waals surface area contributed by atoms with Crippen LogP contribution in [0.5, 0.6) is 17.2 Å². The average molecular weight is 758 g/mol. The van der Waals surface area contributed by atoms with Crippen LogP contribution in [0.3, 0.4) is 0 Å². The molecule has 0 fully saturated rings. The summed E-state index contributed by atoms with van der Waals surface area (Å²) in [4.78, 5) is 44.6. The van der Waals surface area contributed by atoms with Crippen LogP contribution in [0.4, 0.5) is 5.69 Å². The van der Waals surface area contributed by atoms with E-state index in [1.54, 1.807) is 51.2 Å². The number of carbonyl (C=O) groups excluding carboxylic acids is 3. The van der Waals surface area contributed by atoms with Crippen LogP contribution in [-0.2, 0) is 14.3 Å². The molecule has 55 heavy (non-hydrogen) atoms. The monoisotopic (exact) mass is 757 g/mol. The molecule has 0 saturated carbocycles. The Morgan fingerprint density at radius 2 is 1.64 bits per heavy atom. The lowest BCUT2D eigenvalue weighted by Crippen LogP contribution is -2.44. The second kappa shape index (κ2) is 14.8. The summed E-state index contributed by atoms with van der Waals surface area (Å²) < 4.78 is 19.3. The smallest absolute Gasteiger partial charge is 0.312 e. The highest BCUT2D eigenvalue weighted by molar-refractivity contribution is 6.28. The van der Waals surface area contributed by atoms with Gasteiger partial charge in [-0.3, -0.25) is 18.8 Å². The molecule has 1 amide bonds. The zero-order chi connectivity index (χ0) is 40.3. The number of phenols is 2. The molecule has 4 heterocycles. The van der Waals surface area contributed by atoms with E-state index < -0.39 is 77.1 Å². The summed E-state index contributed by atoms with van der Waals surface area (Å²) >= 11 is 0. The zero-order valence-corrected chi connectivity index (χ0v) is 31.9. The number of carbonyl (C=O) groups is 3. The molecule has 14 nitrogen and oxygen atoms in total. The summed E-state index contributed by atoms with van der Waals surface area (Å²) in [5.41, 5.74) is 1.01. The van der Waals surface area contributed by atoms with Crippen molar-refractivity contribution in [3.05, 3.63) is 71.2 Å². The molecule has 2 aromatic heterocycles. The van der Waals surface area contributed by atoms with Gasteiger partial charge in [0, 0.05) is 66.0 Å². The minimum Gasteiger partial charge on any atom is -0.507 e. The molecule has 2 aliphatic heterocycles. The quantitative estimate of drug-likeness (QED) is 0.117. The maximum atomic E-state index is 14.5. The first-order chi connectivity index (χ1) is 26.0. The molecule has 9 atom stereocenters. The Morgan fingerprint density at radius 1 is 0.964 bits per heavy atom. The molecule has 0 spiro atoms. The van der Waals surface area contributed by atoms with Gasteiger partial charge in [-0.25, -0.2) is 4.98 Å². The third-order valence-corrected chi connectivity index (χ3v) is 11.3. The highest BCUT2D eigenvalue weighted by Crippen LogP contribution is 2.54. The number of rotatable bonds is 2. The van der Waals surface area contributed by atoms with E-state index in [0.717, 1.165) is 0 Å². The summed E-state index contributed by atoms with van der Waals surface area (Å²) in [6, 6.07) is 3.02. The normalized spacial score (nSPS) is 31.6. The summed E-state index contributed by atoms with van der Waals surface area (Å²) in [6.07, 6.45) is 5.77. The molecule has 2 aliphatic rings. The van der Waals surface area contributed by atoms with Gasteiger partial charge >= 0.3 is 5.79 Å². The molecule has 0 radical (unpaired) electrons. The molecule has 0 unspecified atom stereocenters. The Morgan fingerprint density at radius 3 is 2.31 bits per heavy atom. The fourth-order valence-corrected chi connectivity index (χ4v) is 7.63. The molecule has 4 bridgehead atoms. The van der Waals surface area contributed by atoms with Crippen LogP contribution in [0.15, 0.2) is 54.5 Å². The molecule has 0 aliphatic carbocycles. The van der Waals surface area contributed by atoms with Gasteiger partial charge < -0.3 is 45.1 Å². The van der Waals surface area contributed by atoms with Crippen molar-refractivity contribution in [3.8, 4) is 17.2 Å². The number of aldehydes is 1. The summed E-state index contributed by atoms with van der Waals surface area (Å²) in [6.45, 7) is 11.3. The fourth-order valence-electron chi connectivity index (χ4n) is 7.63. The van der Waals surface area contributed by atoms with Crippen LogP contribution in [-0.4, -0.2) is 90.2 Å². The molecule has 6 N–H and O–H groups in total. The van der Waals surface area contributed by atoms with E-state index in [0.29, 0.717) is 11.8 Å². The molecule has 14 heteroatoms. The number of ketones is 1. The van der Waals surface area contributed by atoms with Crippen molar-refractivity contribution < 1.29 is 54.1 Å². The number of ether oxygens (including phenoxy) is 3. The number of imidazole rings is 1. The van der Waals surface area contributed by atoms with E-state index in [2.05, 4.69) is 5.32 Å². The van der Waals surface area contributed by atoms with Gasteiger partial charge in [0.1, 0.15) is 40.2 Å². The molecule has 0 saturated heterocycles. The number of aromatic nitrogens is 2. The average Bonchev–Trinajstić information content (AvgIpc) is 3.68. The number of pyridine rings is 1. The molecule has 4 aromatic rings. The molecule has 292 valence electrons. The van der Waals surface area contributed by atoms with Crippen LogP contribution in [0, 0.1) is 30.6 Å². The number of benzene rings is 2. The SMILES string of the molecule is CO[C@H]1/C=C/O[C@@]2(C)Oc3c(C)c(O)c4c(O)c(c5c(nc6cc(C=O)ccn65)c4c3C2=O)NC(=O)/C(C)=C\C=C\[C@H](C)[C@H](O)[C@@H](C)[C@@H](O)[C@@H](C)[C@H](O)[C@@H]1C. The Bertz CT molecular complexity index is 2310. The molecular weight excluding hydrogens is 710 g/mol. The van der Waals surface area contributed by atoms with Crippen molar-refractivity contribution >= 4 is 51.1 Å². The van der Waals surface area contributed by atoms with Crippen LogP contribution in [0.2, 0.25) is 0 Å². The van der Waals surface area contributed by atoms with Crippen molar-refractivity contribution in [1.29, 1.82) is 0 Å². The third kappa shape index (κ3) is 6.52. The maximum Gasteiger partial charge on any atom is 0.312 e. The van der Waals surface area contributed by atoms with Crippen molar-refractivity contribution in [2.45, 2.75) is 78.7 Å². The lowest BCUT2D eigenvalue weighted by molar-refractivity contribution is -0.112. The fraction of sp³-hybridized carbons (Fsp3) is 0.415. The Kier molecular flexibility index (Phi) is 10.6. The number of fused-ring (bicyclic) bond motifs is 2. The van der Waals surface area contributed by atoms with Gasteiger partial charge in [0.15, 0.2) is 5.75 Å². The number of aliphatic hydroxyl groups excluding tert-OH is 3. The largest absolute Gasteiger partial charge is 0.507 e. The van der Waals surface area contributed by atoms with Gasteiger partial charge in [0.25, 0.3) is 11.7 Å². The Balaban J connectivity index is 1.59. The molecule has 2 aromatic carbocycles. The number of hydrogen-bond acceptors (Lipinski definition) is 12. The predicted octanol–water partition coefficient (Wildman–Crippen LogP) is 5.09. The summed E-state index contributed by atoms with van der Waals surface area (Å²) in [5.74, 6) is -6.64. The number of anilines is 1. The van der Waals surface area contributed by atoms with Gasteiger partial charge in [0.2, 0.25) is 0 Å². The van der Waals surface area contributed by atoms with E-state index in [-0.39, 0.29) is 55.6 Å². The van der Waals surface area contributed by atoms with E-state index in [1.807, 2.05) is 0 Å². The van der Waals surface area contributed by atoms with Gasteiger partial charge in [-0.05, 0) is 32.1 Å². The number of methoxy groups -OCH3 is 1. The third-order valence-electron chi connectivity index (χ3n) is 11.3. The number of amides is 1. The first-order valence-electron chi connectivity index (χ1n) is 18.1. The number of phenolic OH excluding ortho intramolecular Hbond substituents is 2. The van der Waals surface area contributed by atoms with Gasteiger partial charge in [-0.2, -0.15) is 0 Å². The van der Waals surface area contributed by atoms with Crippen molar-refractivity contribution in [3.63, 3.8) is 0 Å². The summed E-state index contributed by atoms with van der Waals surface area (Å²) in [5, 5.41) is 60.0. The van der Waals surface area contributed by atoms with E-state index >= 15 is 0 Å². The van der Waals surface area contributed by atoms with Gasteiger partial charge in [-0.1, -0.05) is 45.9 Å². The van der Waals surface area contributed by atoms with E-state index in [4.69, 9.17) is 19.2 Å². The van der Waals surface area contributed by atoms with Crippen LogP contribution in [0.25, 0.3) is 27.5 Å². The lowest BCUT2D eigenvalue weighted by atomic mass is 9.78. The Hall–Kier alpha value is -5.28. The maximum absolute atomic E-state index is 14.5. The number of Topliss-reactive ketones (excluding diaryl/α,β-unsaturated/α-hetero) is 1. The van der Waals surface area contributed by atoms with Crippen molar-refractivity contribution in [2.75, 3.05) is 12.4 Å². The second-order valence-electron chi connectivity index (χ2n) is 14.9. The van der Waals surface area contributed by atoms with Gasteiger partial charge in [-0.15, -0.1) is 0 Å². The number of aliphatic hydroxyl groups is 3. The minimum absolute atomic E-state index is 0.00876. The second-order valence-corrected chi connectivity index (χ2v) is 14.9. The van der Waals surface area contributed by atoms with Crippen molar-refractivity contribution in [2.24, 2.45) is 23.7 Å². The standard InChI is InChI=1S/C41H47N3O11/c1-18-10-9-11-19(2)40(52)43-31-32-30(42-26-16-24(17-45)12-14-44(26)32)27-28(37(31)50)36(49)23(6)38-29(27)39(51)41(7,55-38)54-15-13-25(53-8)20(3)34(47)22(5)35(48)21(4)33(18)46/h9-18,20-22,25,33-35,46-50H,1-8H3,(H,43,52)/b10-9+,15-13+,19-11-/t18-,20+,21+,22-,25-,33-,34+,35+,41-/m0/s1. The molecular formula is C41H47N3O11. The van der Waals surface area contributed by atoms with Crippen LogP contribution < -0.4 is 10.1 Å².